The Morgan fingerprint density at radius 2 is 2.04 bits per heavy atom. The molecule has 28 heavy (non-hydrogen) atoms. The fourth-order valence-electron chi connectivity index (χ4n) is 2.57. The predicted octanol–water partition coefficient (Wildman–Crippen LogP) is 3.88. The van der Waals surface area contributed by atoms with Gasteiger partial charge in [0.15, 0.2) is 0 Å². The molecule has 0 unspecified atom stereocenters. The van der Waals surface area contributed by atoms with Crippen LogP contribution < -0.4 is 14.8 Å². The highest BCUT2D eigenvalue weighted by molar-refractivity contribution is 7.13. The molecule has 0 radical (unpaired) electrons. The maximum Gasteiger partial charge on any atom is 0.320 e. The topological polar surface area (TPSA) is 95.2 Å². The molecule has 0 spiro atoms. The number of furan rings is 1. The lowest BCUT2D eigenvalue weighted by Crippen LogP contribution is -2.05. The van der Waals surface area contributed by atoms with E-state index in [1.807, 2.05) is 29.6 Å². The number of rotatable bonds is 7. The second-order valence-electron chi connectivity index (χ2n) is 5.65. The highest BCUT2D eigenvalue weighted by atomic mass is 32.1. The first-order valence-corrected chi connectivity index (χ1v) is 9.29. The molecule has 0 aromatic carbocycles. The molecule has 4 aromatic rings. The number of thiophene rings is 1. The molecule has 0 aliphatic carbocycles. The van der Waals surface area contributed by atoms with Gasteiger partial charge in [-0.3, -0.25) is 0 Å². The van der Waals surface area contributed by atoms with Gasteiger partial charge in [0.1, 0.15) is 5.76 Å². The summed E-state index contributed by atoms with van der Waals surface area (Å²) in [6, 6.07) is 9.65. The second kappa shape index (κ2) is 8.05. The number of ether oxygens (including phenoxy) is 2. The van der Waals surface area contributed by atoms with E-state index in [0.717, 1.165) is 21.9 Å². The molecule has 8 nitrogen and oxygen atoms in total. The Morgan fingerprint density at radius 3 is 2.75 bits per heavy atom. The third-order valence-corrected chi connectivity index (χ3v) is 4.77. The van der Waals surface area contributed by atoms with Gasteiger partial charge in [0.25, 0.3) is 0 Å². The lowest BCUT2D eigenvalue weighted by Gasteiger charge is -2.11. The van der Waals surface area contributed by atoms with Gasteiger partial charge in [-0.15, -0.1) is 11.3 Å². The quantitative estimate of drug-likeness (QED) is 0.504. The molecule has 0 aliphatic rings. The molecule has 0 bridgehead atoms. The van der Waals surface area contributed by atoms with E-state index in [1.165, 1.54) is 7.11 Å². The summed E-state index contributed by atoms with van der Waals surface area (Å²) in [5.41, 5.74) is 2.13. The minimum absolute atomic E-state index is 0.214. The lowest BCUT2D eigenvalue weighted by atomic mass is 10.1. The summed E-state index contributed by atoms with van der Waals surface area (Å²) in [5.74, 6) is 1.70. The van der Waals surface area contributed by atoms with Crippen LogP contribution in [0, 0.1) is 0 Å². The second-order valence-corrected chi connectivity index (χ2v) is 6.60. The molecule has 4 rings (SSSR count). The minimum Gasteiger partial charge on any atom is -0.481 e. The average Bonchev–Trinajstić information content (AvgIpc) is 3.45. The van der Waals surface area contributed by atoms with Crippen molar-refractivity contribution in [3.63, 3.8) is 0 Å². The molecule has 0 saturated carbocycles. The number of aromatic nitrogens is 4. The average molecular weight is 395 g/mol. The van der Waals surface area contributed by atoms with E-state index < -0.39 is 0 Å². The summed E-state index contributed by atoms with van der Waals surface area (Å²) in [6.45, 7) is 0.491. The van der Waals surface area contributed by atoms with E-state index in [0.29, 0.717) is 24.1 Å². The summed E-state index contributed by atoms with van der Waals surface area (Å²) in [5, 5.41) is 5.18. The largest absolute Gasteiger partial charge is 0.481 e. The van der Waals surface area contributed by atoms with Crippen molar-refractivity contribution in [1.29, 1.82) is 0 Å². The molecule has 9 heteroatoms. The molecule has 4 heterocycles. The number of nitrogens with zero attached hydrogens (tertiary/aromatic N) is 4. The molecule has 1 N–H and O–H groups in total. The molecule has 142 valence electrons. The van der Waals surface area contributed by atoms with E-state index in [9.17, 15) is 0 Å². The summed E-state index contributed by atoms with van der Waals surface area (Å²) < 4.78 is 15.8. The van der Waals surface area contributed by atoms with Gasteiger partial charge in [-0.05, 0) is 23.6 Å². The molecular weight excluding hydrogens is 378 g/mol. The Bertz CT molecular complexity index is 1030. The molecule has 0 amide bonds. The van der Waals surface area contributed by atoms with Crippen LogP contribution in [0.5, 0.6) is 11.9 Å². The van der Waals surface area contributed by atoms with Gasteiger partial charge in [-0.2, -0.15) is 9.97 Å². The van der Waals surface area contributed by atoms with Crippen LogP contribution in [-0.4, -0.2) is 34.2 Å². The maximum atomic E-state index is 5.34. The number of methoxy groups -OCH3 is 2. The summed E-state index contributed by atoms with van der Waals surface area (Å²) >= 11 is 1.59. The fourth-order valence-corrected chi connectivity index (χ4v) is 3.30. The van der Waals surface area contributed by atoms with Gasteiger partial charge >= 0.3 is 6.01 Å². The van der Waals surface area contributed by atoms with Gasteiger partial charge in [0, 0.05) is 17.8 Å². The van der Waals surface area contributed by atoms with E-state index in [4.69, 9.17) is 18.9 Å². The Labute approximate surface area is 165 Å². The number of hydrogen-bond acceptors (Lipinski definition) is 9. The van der Waals surface area contributed by atoms with Crippen LogP contribution in [-0.2, 0) is 6.54 Å². The predicted molar refractivity (Wildman–Crippen MR) is 106 cm³/mol. The smallest absolute Gasteiger partial charge is 0.320 e. The minimum atomic E-state index is 0.214. The van der Waals surface area contributed by atoms with Gasteiger partial charge in [-0.1, -0.05) is 6.07 Å². The summed E-state index contributed by atoms with van der Waals surface area (Å²) in [7, 11) is 3.06. The standard InChI is InChI=1S/C19H17N5O3S/c1-25-16-9-14(22-19(23-16)26-2)13-11-21-18(20-10-12-5-3-7-27-12)24-17(13)15-6-4-8-28-15/h3-9,11H,10H2,1-2H3,(H,20,21,24). The molecule has 4 aromatic heterocycles. The van der Waals surface area contributed by atoms with E-state index >= 15 is 0 Å². The van der Waals surface area contributed by atoms with E-state index in [1.54, 1.807) is 37.0 Å². The first kappa shape index (κ1) is 17.9. The van der Waals surface area contributed by atoms with Crippen LogP contribution in [0.25, 0.3) is 21.8 Å². The first-order valence-electron chi connectivity index (χ1n) is 8.41. The zero-order chi connectivity index (χ0) is 19.3. The molecular formula is C19H17N5O3S. The number of hydrogen-bond donors (Lipinski definition) is 1. The highest BCUT2D eigenvalue weighted by Gasteiger charge is 2.16. The van der Waals surface area contributed by atoms with Crippen LogP contribution in [0.4, 0.5) is 5.95 Å². The van der Waals surface area contributed by atoms with Gasteiger partial charge in [-0.25, -0.2) is 9.97 Å². The lowest BCUT2D eigenvalue weighted by molar-refractivity contribution is 0.353. The molecule has 0 aliphatic heterocycles. The zero-order valence-corrected chi connectivity index (χ0v) is 16.1. The van der Waals surface area contributed by atoms with Gasteiger partial charge < -0.3 is 19.2 Å². The van der Waals surface area contributed by atoms with Crippen molar-refractivity contribution >= 4 is 17.3 Å². The third-order valence-electron chi connectivity index (χ3n) is 3.89. The van der Waals surface area contributed by atoms with Crippen LogP contribution in [0.15, 0.2) is 52.6 Å². The zero-order valence-electron chi connectivity index (χ0n) is 15.2. The first-order chi connectivity index (χ1) is 13.8. The van der Waals surface area contributed by atoms with Crippen molar-refractivity contribution in [3.05, 3.63) is 53.9 Å². The van der Waals surface area contributed by atoms with Crippen LogP contribution in [0.1, 0.15) is 5.76 Å². The SMILES string of the molecule is COc1cc(-c2cnc(NCc3ccco3)nc2-c2cccs2)nc(OC)n1. The Morgan fingerprint density at radius 1 is 1.11 bits per heavy atom. The Kier molecular flexibility index (Phi) is 5.16. The van der Waals surface area contributed by atoms with Crippen LogP contribution in [0.3, 0.4) is 0 Å². The van der Waals surface area contributed by atoms with Crippen molar-refractivity contribution in [3.8, 4) is 33.7 Å². The number of nitrogens with one attached hydrogen (secondary N) is 1. The van der Waals surface area contributed by atoms with Crippen molar-refractivity contribution in [2.45, 2.75) is 6.54 Å². The van der Waals surface area contributed by atoms with Gasteiger partial charge in [0.05, 0.1) is 43.3 Å². The Balaban J connectivity index is 1.74. The van der Waals surface area contributed by atoms with Crippen molar-refractivity contribution in [1.82, 2.24) is 19.9 Å². The number of anilines is 1. The third kappa shape index (κ3) is 3.79. The van der Waals surface area contributed by atoms with Gasteiger partial charge in [0.2, 0.25) is 11.8 Å². The van der Waals surface area contributed by atoms with Crippen molar-refractivity contribution in [2.75, 3.05) is 19.5 Å². The molecule has 0 atom stereocenters. The maximum absolute atomic E-state index is 5.34. The van der Waals surface area contributed by atoms with E-state index in [-0.39, 0.29) is 6.01 Å². The normalized spacial score (nSPS) is 10.6. The van der Waals surface area contributed by atoms with Crippen LogP contribution >= 0.6 is 11.3 Å². The monoisotopic (exact) mass is 395 g/mol. The molecule has 0 saturated heterocycles. The van der Waals surface area contributed by atoms with Crippen molar-refractivity contribution in [2.24, 2.45) is 0 Å². The summed E-state index contributed by atoms with van der Waals surface area (Å²) in [4.78, 5) is 18.7. The highest BCUT2D eigenvalue weighted by Crippen LogP contribution is 2.34. The van der Waals surface area contributed by atoms with E-state index in [2.05, 4.69) is 20.3 Å². The fraction of sp³-hybridized carbons (Fsp3) is 0.158. The molecule has 0 fully saturated rings. The van der Waals surface area contributed by atoms with Crippen LogP contribution in [0.2, 0.25) is 0 Å². The summed E-state index contributed by atoms with van der Waals surface area (Å²) in [6.07, 6.45) is 3.36. The Hall–Kier alpha value is -3.46. The van der Waals surface area contributed by atoms with Crippen molar-refractivity contribution < 1.29 is 13.9 Å².